The van der Waals surface area contributed by atoms with Gasteiger partial charge in [-0.1, -0.05) is 30.3 Å². The molecule has 0 radical (unpaired) electrons. The van der Waals surface area contributed by atoms with Crippen LogP contribution >= 0.6 is 0 Å². The monoisotopic (exact) mass is 434 g/mol. The van der Waals surface area contributed by atoms with Crippen LogP contribution in [0.25, 0.3) is 0 Å². The van der Waals surface area contributed by atoms with Gasteiger partial charge in [0.15, 0.2) is 0 Å². The second-order valence-corrected chi connectivity index (χ2v) is 9.07. The van der Waals surface area contributed by atoms with Gasteiger partial charge in [0.05, 0.1) is 26.2 Å². The number of rotatable bonds is 10. The van der Waals surface area contributed by atoms with Gasteiger partial charge in [0.1, 0.15) is 17.5 Å². The summed E-state index contributed by atoms with van der Waals surface area (Å²) in [6, 6.07) is 13.7. The van der Waals surface area contributed by atoms with Gasteiger partial charge in [-0.25, -0.2) is 8.42 Å². The molecule has 0 unspecified atom stereocenters. The number of hydrogen-bond donors (Lipinski definition) is 1. The highest BCUT2D eigenvalue weighted by Gasteiger charge is 2.32. The summed E-state index contributed by atoms with van der Waals surface area (Å²) in [6.07, 6.45) is 2.62. The van der Waals surface area contributed by atoms with Crippen molar-refractivity contribution in [2.75, 3.05) is 24.8 Å². The molecule has 0 fully saturated rings. The molecule has 0 aliphatic rings. The fraction of sp³-hybridized carbons (Fsp3) is 0.409. The number of anilines is 1. The van der Waals surface area contributed by atoms with Crippen LogP contribution in [0.4, 0.5) is 5.69 Å². The number of sulfonamides is 1. The lowest BCUT2D eigenvalue weighted by Gasteiger charge is -2.30. The maximum atomic E-state index is 12.9. The quantitative estimate of drug-likeness (QED) is 0.621. The van der Waals surface area contributed by atoms with Crippen LogP contribution in [0.1, 0.15) is 25.8 Å². The summed E-state index contributed by atoms with van der Waals surface area (Å²) in [6.45, 7) is 3.46. The lowest BCUT2D eigenvalue weighted by atomic mass is 10.1. The molecule has 1 amide bonds. The predicted octanol–water partition coefficient (Wildman–Crippen LogP) is 3.00. The molecule has 2 aromatic carbocycles. The van der Waals surface area contributed by atoms with Crippen LogP contribution in [0.3, 0.4) is 0 Å². The summed E-state index contributed by atoms with van der Waals surface area (Å²) in [5.41, 5.74) is 1.43. The number of hydrogen-bond acceptors (Lipinski definition) is 5. The maximum absolute atomic E-state index is 12.9. The predicted molar refractivity (Wildman–Crippen MR) is 119 cm³/mol. The number of nitrogens with one attached hydrogen (secondary N) is 1. The standard InChI is InChI=1S/C22H30N2O5S/c1-16(11-12-18-9-7-6-8-10-18)23-22(25)17(2)24(30(5,26)27)20-15-19(28-3)13-14-21(20)29-4/h6-10,13-17H,11-12H2,1-5H3,(H,23,25)/t16-,17+/m1/s1. The van der Waals surface area contributed by atoms with Crippen LogP contribution < -0.4 is 19.1 Å². The first-order valence-electron chi connectivity index (χ1n) is 9.73. The molecule has 164 valence electrons. The summed E-state index contributed by atoms with van der Waals surface area (Å²) in [4.78, 5) is 12.9. The molecular formula is C22H30N2O5S. The van der Waals surface area contributed by atoms with Gasteiger partial charge in [0.2, 0.25) is 15.9 Å². The Morgan fingerprint density at radius 2 is 1.73 bits per heavy atom. The molecule has 2 atom stereocenters. The topological polar surface area (TPSA) is 84.9 Å². The third-order valence-corrected chi connectivity index (χ3v) is 6.04. The zero-order valence-corrected chi connectivity index (χ0v) is 18.9. The summed E-state index contributed by atoms with van der Waals surface area (Å²) in [5.74, 6) is 0.409. The maximum Gasteiger partial charge on any atom is 0.243 e. The number of benzene rings is 2. The smallest absolute Gasteiger partial charge is 0.243 e. The normalized spacial score (nSPS) is 13.2. The molecule has 0 spiro atoms. The van der Waals surface area contributed by atoms with E-state index in [-0.39, 0.29) is 17.6 Å². The fourth-order valence-electron chi connectivity index (χ4n) is 3.21. The van der Waals surface area contributed by atoms with Gasteiger partial charge in [-0.05, 0) is 44.4 Å². The molecule has 7 nitrogen and oxygen atoms in total. The number of ether oxygens (including phenoxy) is 2. The molecule has 30 heavy (non-hydrogen) atoms. The van der Waals surface area contributed by atoms with Crippen molar-refractivity contribution in [3.8, 4) is 11.5 Å². The van der Waals surface area contributed by atoms with E-state index in [1.807, 2.05) is 37.3 Å². The number of methoxy groups -OCH3 is 2. The van der Waals surface area contributed by atoms with Crippen LogP contribution in [0.5, 0.6) is 11.5 Å². The van der Waals surface area contributed by atoms with Gasteiger partial charge in [-0.15, -0.1) is 0 Å². The van der Waals surface area contributed by atoms with E-state index in [9.17, 15) is 13.2 Å². The van der Waals surface area contributed by atoms with Gasteiger partial charge in [0, 0.05) is 12.1 Å². The van der Waals surface area contributed by atoms with Crippen molar-refractivity contribution >= 4 is 21.6 Å². The zero-order valence-electron chi connectivity index (χ0n) is 18.1. The minimum Gasteiger partial charge on any atom is -0.497 e. The van der Waals surface area contributed by atoms with Crippen LogP contribution in [0.15, 0.2) is 48.5 Å². The lowest BCUT2D eigenvalue weighted by molar-refractivity contribution is -0.122. The lowest BCUT2D eigenvalue weighted by Crippen LogP contribution is -2.50. The van der Waals surface area contributed by atoms with E-state index < -0.39 is 16.1 Å². The third kappa shape index (κ3) is 6.13. The molecule has 2 rings (SSSR count). The van der Waals surface area contributed by atoms with Crippen molar-refractivity contribution in [3.05, 3.63) is 54.1 Å². The third-order valence-electron chi connectivity index (χ3n) is 4.81. The van der Waals surface area contributed by atoms with Crippen molar-refractivity contribution in [3.63, 3.8) is 0 Å². The Morgan fingerprint density at radius 1 is 1.07 bits per heavy atom. The van der Waals surface area contributed by atoms with Crippen LogP contribution in [-0.2, 0) is 21.2 Å². The first-order valence-corrected chi connectivity index (χ1v) is 11.6. The Balaban J connectivity index is 2.19. The van der Waals surface area contributed by atoms with Gasteiger partial charge < -0.3 is 14.8 Å². The first-order chi connectivity index (χ1) is 14.2. The van der Waals surface area contributed by atoms with Crippen molar-refractivity contribution in [2.45, 2.75) is 38.8 Å². The molecule has 2 aromatic rings. The highest BCUT2D eigenvalue weighted by atomic mass is 32.2. The average molecular weight is 435 g/mol. The molecule has 0 saturated heterocycles. The molecule has 1 N–H and O–H groups in total. The second-order valence-electron chi connectivity index (χ2n) is 7.21. The average Bonchev–Trinajstić information content (AvgIpc) is 2.71. The van der Waals surface area contributed by atoms with E-state index in [1.54, 1.807) is 25.1 Å². The van der Waals surface area contributed by atoms with Gasteiger partial charge >= 0.3 is 0 Å². The van der Waals surface area contributed by atoms with Gasteiger partial charge in [-0.2, -0.15) is 0 Å². The second kappa shape index (κ2) is 10.3. The molecule has 0 aliphatic heterocycles. The first kappa shape index (κ1) is 23.5. The Labute approximate surface area is 179 Å². The Hall–Kier alpha value is -2.74. The number of amides is 1. The van der Waals surface area contributed by atoms with E-state index in [0.717, 1.165) is 23.4 Å². The summed E-state index contributed by atoms with van der Waals surface area (Å²) in [7, 11) is -0.840. The van der Waals surface area contributed by atoms with Crippen molar-refractivity contribution in [2.24, 2.45) is 0 Å². The fourth-order valence-corrected chi connectivity index (χ4v) is 4.38. The SMILES string of the molecule is COc1ccc(OC)c(N([C@@H](C)C(=O)N[C@H](C)CCc2ccccc2)S(C)(=O)=O)c1. The zero-order chi connectivity index (χ0) is 22.3. The van der Waals surface area contributed by atoms with E-state index in [1.165, 1.54) is 19.8 Å². The van der Waals surface area contributed by atoms with Gasteiger partial charge in [-0.3, -0.25) is 9.10 Å². The number of nitrogens with zero attached hydrogens (tertiary/aromatic N) is 1. The Morgan fingerprint density at radius 3 is 2.30 bits per heavy atom. The molecule has 0 aromatic heterocycles. The molecular weight excluding hydrogens is 404 g/mol. The van der Waals surface area contributed by atoms with E-state index >= 15 is 0 Å². The van der Waals surface area contributed by atoms with Crippen LogP contribution in [0.2, 0.25) is 0 Å². The van der Waals surface area contributed by atoms with Crippen molar-refractivity contribution < 1.29 is 22.7 Å². The van der Waals surface area contributed by atoms with E-state index in [2.05, 4.69) is 5.32 Å². The molecule has 0 heterocycles. The highest BCUT2D eigenvalue weighted by molar-refractivity contribution is 7.92. The van der Waals surface area contributed by atoms with Crippen molar-refractivity contribution in [1.82, 2.24) is 5.32 Å². The highest BCUT2D eigenvalue weighted by Crippen LogP contribution is 2.35. The van der Waals surface area contributed by atoms with Crippen LogP contribution in [-0.4, -0.2) is 46.9 Å². The molecule has 8 heteroatoms. The minimum atomic E-state index is -3.77. The minimum absolute atomic E-state index is 0.117. The largest absolute Gasteiger partial charge is 0.497 e. The van der Waals surface area contributed by atoms with Gasteiger partial charge in [0.25, 0.3) is 0 Å². The summed E-state index contributed by atoms with van der Waals surface area (Å²) in [5, 5.41) is 2.92. The summed E-state index contributed by atoms with van der Waals surface area (Å²) >= 11 is 0. The van der Waals surface area contributed by atoms with E-state index in [4.69, 9.17) is 9.47 Å². The summed E-state index contributed by atoms with van der Waals surface area (Å²) < 4.78 is 36.8. The molecule has 0 bridgehead atoms. The number of carbonyl (C=O) groups is 1. The Bertz CT molecular complexity index is 947. The number of carbonyl (C=O) groups excluding carboxylic acids is 1. The molecule has 0 saturated carbocycles. The van der Waals surface area contributed by atoms with E-state index in [0.29, 0.717) is 11.5 Å². The number of aryl methyl sites for hydroxylation is 1. The molecule has 0 aliphatic carbocycles. The Kier molecular flexibility index (Phi) is 8.11. The van der Waals surface area contributed by atoms with Crippen molar-refractivity contribution in [1.29, 1.82) is 0 Å². The van der Waals surface area contributed by atoms with Crippen LogP contribution in [0, 0.1) is 0 Å².